The van der Waals surface area contributed by atoms with Crippen molar-refractivity contribution in [3.05, 3.63) is 42.5 Å². The van der Waals surface area contributed by atoms with Crippen LogP contribution in [0, 0.1) is 0 Å². The Morgan fingerprint density at radius 2 is 2.10 bits per heavy atom. The van der Waals surface area contributed by atoms with Gasteiger partial charge in [-0.1, -0.05) is 12.1 Å². The second kappa shape index (κ2) is 6.60. The zero-order chi connectivity index (χ0) is 14.4. The molecule has 1 aromatic heterocycles. The van der Waals surface area contributed by atoms with Crippen molar-refractivity contribution in [2.24, 2.45) is 7.05 Å². The number of ether oxygens (including phenoxy) is 2. The van der Waals surface area contributed by atoms with E-state index in [2.05, 4.69) is 10.3 Å². The number of methoxy groups -OCH3 is 1. The summed E-state index contributed by atoms with van der Waals surface area (Å²) in [5.74, 6) is 1.72. The predicted molar refractivity (Wildman–Crippen MR) is 73.5 cm³/mol. The van der Waals surface area contributed by atoms with Crippen LogP contribution < -0.4 is 14.8 Å². The van der Waals surface area contributed by atoms with Gasteiger partial charge in [0, 0.05) is 19.4 Å². The molecule has 0 unspecified atom stereocenters. The molecule has 2 aromatic rings. The number of aryl methyl sites for hydroxylation is 1. The fourth-order valence-corrected chi connectivity index (χ4v) is 1.68. The molecule has 1 aromatic carbocycles. The molecule has 0 atom stereocenters. The number of carbonyl (C=O) groups is 1. The van der Waals surface area contributed by atoms with E-state index in [-0.39, 0.29) is 12.5 Å². The molecule has 1 heterocycles. The van der Waals surface area contributed by atoms with E-state index < -0.39 is 0 Å². The second-order valence-corrected chi connectivity index (χ2v) is 4.17. The van der Waals surface area contributed by atoms with Crippen molar-refractivity contribution in [1.82, 2.24) is 14.9 Å². The molecular weight excluding hydrogens is 258 g/mol. The van der Waals surface area contributed by atoms with Crippen LogP contribution in [0.25, 0.3) is 0 Å². The molecule has 0 radical (unpaired) electrons. The summed E-state index contributed by atoms with van der Waals surface area (Å²) in [7, 11) is 3.43. The molecule has 0 fully saturated rings. The number of aromatic nitrogens is 2. The Morgan fingerprint density at radius 1 is 1.35 bits per heavy atom. The van der Waals surface area contributed by atoms with Crippen LogP contribution in [0.1, 0.15) is 5.82 Å². The normalized spacial score (nSPS) is 10.1. The Labute approximate surface area is 117 Å². The highest BCUT2D eigenvalue weighted by atomic mass is 16.5. The van der Waals surface area contributed by atoms with E-state index in [1.807, 2.05) is 29.9 Å². The Kier molecular flexibility index (Phi) is 4.60. The maximum atomic E-state index is 11.7. The van der Waals surface area contributed by atoms with Gasteiger partial charge in [0.05, 0.1) is 13.7 Å². The van der Waals surface area contributed by atoms with Crippen molar-refractivity contribution >= 4 is 5.91 Å². The molecule has 0 saturated heterocycles. The smallest absolute Gasteiger partial charge is 0.258 e. The standard InChI is InChI=1S/C14H17N3O3/c1-17-8-7-15-13(17)9-16-14(18)10-20-12-6-4-3-5-11(12)19-2/h3-8H,9-10H2,1-2H3,(H,16,18). The summed E-state index contributed by atoms with van der Waals surface area (Å²) in [6, 6.07) is 7.20. The molecule has 1 amide bonds. The first kappa shape index (κ1) is 13.9. The van der Waals surface area contributed by atoms with E-state index >= 15 is 0 Å². The van der Waals surface area contributed by atoms with Gasteiger partial charge in [-0.3, -0.25) is 4.79 Å². The average molecular weight is 275 g/mol. The van der Waals surface area contributed by atoms with Crippen LogP contribution in [0.15, 0.2) is 36.7 Å². The van der Waals surface area contributed by atoms with Crippen molar-refractivity contribution in [2.45, 2.75) is 6.54 Å². The molecule has 106 valence electrons. The number of hydrogen-bond acceptors (Lipinski definition) is 4. The maximum Gasteiger partial charge on any atom is 0.258 e. The van der Waals surface area contributed by atoms with E-state index in [0.717, 1.165) is 5.82 Å². The summed E-state index contributed by atoms with van der Waals surface area (Å²) in [6.07, 6.45) is 3.51. The molecule has 0 aliphatic heterocycles. The lowest BCUT2D eigenvalue weighted by molar-refractivity contribution is -0.123. The average Bonchev–Trinajstić information content (AvgIpc) is 2.88. The highest BCUT2D eigenvalue weighted by Crippen LogP contribution is 2.25. The zero-order valence-electron chi connectivity index (χ0n) is 11.5. The zero-order valence-corrected chi connectivity index (χ0v) is 11.5. The van der Waals surface area contributed by atoms with E-state index in [4.69, 9.17) is 9.47 Å². The van der Waals surface area contributed by atoms with Crippen LogP contribution >= 0.6 is 0 Å². The minimum absolute atomic E-state index is 0.0647. The van der Waals surface area contributed by atoms with E-state index in [9.17, 15) is 4.79 Å². The maximum absolute atomic E-state index is 11.7. The lowest BCUT2D eigenvalue weighted by Gasteiger charge is -2.10. The van der Waals surface area contributed by atoms with Gasteiger partial charge >= 0.3 is 0 Å². The largest absolute Gasteiger partial charge is 0.493 e. The van der Waals surface area contributed by atoms with Crippen molar-refractivity contribution < 1.29 is 14.3 Å². The number of rotatable bonds is 6. The quantitative estimate of drug-likeness (QED) is 0.858. The van der Waals surface area contributed by atoms with Gasteiger partial charge in [0.1, 0.15) is 5.82 Å². The first-order valence-corrected chi connectivity index (χ1v) is 6.19. The third-order valence-electron chi connectivity index (χ3n) is 2.79. The van der Waals surface area contributed by atoms with Crippen molar-refractivity contribution in [3.63, 3.8) is 0 Å². The van der Waals surface area contributed by atoms with Crippen molar-refractivity contribution in [1.29, 1.82) is 0 Å². The van der Waals surface area contributed by atoms with Gasteiger partial charge in [-0.05, 0) is 12.1 Å². The number of amides is 1. The number of hydrogen-bond donors (Lipinski definition) is 1. The molecule has 6 nitrogen and oxygen atoms in total. The number of nitrogens with zero attached hydrogens (tertiary/aromatic N) is 2. The summed E-state index contributed by atoms with van der Waals surface area (Å²) in [4.78, 5) is 15.8. The highest BCUT2D eigenvalue weighted by Gasteiger charge is 2.07. The van der Waals surface area contributed by atoms with Gasteiger partial charge in [-0.25, -0.2) is 4.98 Å². The third kappa shape index (κ3) is 3.50. The Morgan fingerprint density at radius 3 is 2.75 bits per heavy atom. The minimum atomic E-state index is -0.209. The first-order valence-electron chi connectivity index (χ1n) is 6.19. The van der Waals surface area contributed by atoms with Crippen LogP contribution in [0.5, 0.6) is 11.5 Å². The molecule has 0 saturated carbocycles. The van der Waals surface area contributed by atoms with Gasteiger partial charge in [-0.15, -0.1) is 0 Å². The van der Waals surface area contributed by atoms with E-state index in [0.29, 0.717) is 18.0 Å². The molecule has 0 bridgehead atoms. The molecule has 0 aliphatic rings. The first-order chi connectivity index (χ1) is 9.70. The minimum Gasteiger partial charge on any atom is -0.493 e. The predicted octanol–water partition coefficient (Wildman–Crippen LogP) is 1.12. The topological polar surface area (TPSA) is 65.4 Å². The van der Waals surface area contributed by atoms with Crippen LogP contribution in [-0.4, -0.2) is 29.2 Å². The number of carbonyl (C=O) groups excluding carboxylic acids is 1. The molecule has 0 aliphatic carbocycles. The highest BCUT2D eigenvalue weighted by molar-refractivity contribution is 5.77. The SMILES string of the molecule is COc1ccccc1OCC(=O)NCc1nccn1C. The Hall–Kier alpha value is -2.50. The van der Waals surface area contributed by atoms with Gasteiger partial charge in [-0.2, -0.15) is 0 Å². The lowest BCUT2D eigenvalue weighted by Crippen LogP contribution is -2.29. The number of para-hydroxylation sites is 2. The van der Waals surface area contributed by atoms with Crippen LogP contribution in [0.4, 0.5) is 0 Å². The van der Waals surface area contributed by atoms with Gasteiger partial charge in [0.25, 0.3) is 5.91 Å². The molecule has 20 heavy (non-hydrogen) atoms. The van der Waals surface area contributed by atoms with Crippen molar-refractivity contribution in [2.75, 3.05) is 13.7 Å². The molecule has 0 spiro atoms. The third-order valence-corrected chi connectivity index (χ3v) is 2.79. The Balaban J connectivity index is 1.82. The van der Waals surface area contributed by atoms with Gasteiger partial charge in [0.15, 0.2) is 18.1 Å². The van der Waals surface area contributed by atoms with E-state index in [1.54, 1.807) is 25.4 Å². The van der Waals surface area contributed by atoms with Crippen LogP contribution in [0.2, 0.25) is 0 Å². The van der Waals surface area contributed by atoms with Gasteiger partial charge < -0.3 is 19.4 Å². The second-order valence-electron chi connectivity index (χ2n) is 4.17. The fraction of sp³-hybridized carbons (Fsp3) is 0.286. The molecule has 1 N–H and O–H groups in total. The molecular formula is C14H17N3O3. The summed E-state index contributed by atoms with van der Waals surface area (Å²) in [5.41, 5.74) is 0. The number of imidazole rings is 1. The lowest BCUT2D eigenvalue weighted by atomic mass is 10.3. The van der Waals surface area contributed by atoms with Crippen molar-refractivity contribution in [3.8, 4) is 11.5 Å². The number of benzene rings is 1. The van der Waals surface area contributed by atoms with Crippen LogP contribution in [-0.2, 0) is 18.4 Å². The fourth-order valence-electron chi connectivity index (χ4n) is 1.68. The molecule has 2 rings (SSSR count). The molecule has 6 heteroatoms. The van der Waals surface area contributed by atoms with Gasteiger partial charge in [0.2, 0.25) is 0 Å². The summed E-state index contributed by atoms with van der Waals surface area (Å²) in [6.45, 7) is 0.308. The number of nitrogens with one attached hydrogen (secondary N) is 1. The summed E-state index contributed by atoms with van der Waals surface area (Å²) < 4.78 is 12.4. The van der Waals surface area contributed by atoms with E-state index in [1.165, 1.54) is 0 Å². The summed E-state index contributed by atoms with van der Waals surface area (Å²) >= 11 is 0. The summed E-state index contributed by atoms with van der Waals surface area (Å²) in [5, 5.41) is 2.75. The Bertz CT molecular complexity index is 581. The monoisotopic (exact) mass is 275 g/mol. The van der Waals surface area contributed by atoms with Crippen LogP contribution in [0.3, 0.4) is 0 Å².